The quantitative estimate of drug-likeness (QED) is 0.776. The smallest absolute Gasteiger partial charge is 0.248 e. The van der Waals surface area contributed by atoms with Crippen LogP contribution < -0.4 is 11.5 Å². The van der Waals surface area contributed by atoms with Gasteiger partial charge in [-0.2, -0.15) is 0 Å². The fourth-order valence-electron chi connectivity index (χ4n) is 4.67. The average molecular weight is 423 g/mol. The molecule has 0 saturated carbocycles. The maximum atomic E-state index is 13.2. The Morgan fingerprint density at radius 3 is 2.45 bits per heavy atom. The Morgan fingerprint density at radius 2 is 1.77 bits per heavy atom. The van der Waals surface area contributed by atoms with E-state index in [9.17, 15) is 9.59 Å². The van der Waals surface area contributed by atoms with Crippen LogP contribution in [-0.4, -0.2) is 64.8 Å². The zero-order valence-corrected chi connectivity index (χ0v) is 18.0. The van der Waals surface area contributed by atoms with Crippen molar-refractivity contribution in [2.45, 2.75) is 31.6 Å². The highest BCUT2D eigenvalue weighted by atomic mass is 16.2. The zero-order chi connectivity index (χ0) is 22.0. The molecule has 31 heavy (non-hydrogen) atoms. The van der Waals surface area contributed by atoms with E-state index in [-0.39, 0.29) is 23.7 Å². The third-order valence-corrected chi connectivity index (χ3v) is 6.50. The van der Waals surface area contributed by atoms with E-state index in [0.29, 0.717) is 12.1 Å². The first kappa shape index (κ1) is 21.2. The molecule has 0 aliphatic carbocycles. The highest BCUT2D eigenvalue weighted by Gasteiger charge is 2.32. The van der Waals surface area contributed by atoms with Gasteiger partial charge in [-0.25, -0.2) is 9.97 Å². The van der Waals surface area contributed by atoms with E-state index in [1.165, 1.54) is 0 Å². The van der Waals surface area contributed by atoms with Gasteiger partial charge in [0.1, 0.15) is 0 Å². The second-order valence-corrected chi connectivity index (χ2v) is 8.67. The van der Waals surface area contributed by atoms with Gasteiger partial charge >= 0.3 is 0 Å². The van der Waals surface area contributed by atoms with Gasteiger partial charge in [-0.3, -0.25) is 9.59 Å². The fraction of sp³-hybridized carbons (Fsp3) is 0.478. The maximum Gasteiger partial charge on any atom is 0.248 e. The van der Waals surface area contributed by atoms with Crippen LogP contribution >= 0.6 is 0 Å². The minimum atomic E-state index is -0.462. The Balaban J connectivity index is 1.56. The van der Waals surface area contributed by atoms with E-state index in [2.05, 4.69) is 21.9 Å². The van der Waals surface area contributed by atoms with Gasteiger partial charge in [-0.15, -0.1) is 0 Å². The first-order valence-electron chi connectivity index (χ1n) is 10.9. The molecule has 0 unspecified atom stereocenters. The number of hydrogen-bond donors (Lipinski definition) is 2. The van der Waals surface area contributed by atoms with E-state index in [0.717, 1.165) is 62.1 Å². The molecule has 0 radical (unpaired) electrons. The SMILES string of the molecule is CN1CCC(C(=O)N2CCC[C@@H](c3nc(N)ncc3-c3ccc(C(N)=O)cc3)C2)CC1. The number of nitrogens with two attached hydrogens (primary N) is 2. The van der Waals surface area contributed by atoms with Crippen LogP contribution in [0.3, 0.4) is 0 Å². The lowest BCUT2D eigenvalue weighted by Gasteiger charge is -2.37. The molecule has 2 saturated heterocycles. The van der Waals surface area contributed by atoms with Crippen molar-refractivity contribution < 1.29 is 9.59 Å². The molecular weight excluding hydrogens is 392 g/mol. The van der Waals surface area contributed by atoms with Crippen molar-refractivity contribution in [2.75, 3.05) is 39.0 Å². The van der Waals surface area contributed by atoms with E-state index in [1.807, 2.05) is 17.0 Å². The molecule has 2 fully saturated rings. The van der Waals surface area contributed by atoms with Gasteiger partial charge in [0, 0.05) is 42.2 Å². The maximum absolute atomic E-state index is 13.2. The van der Waals surface area contributed by atoms with Crippen LogP contribution in [0.15, 0.2) is 30.5 Å². The second kappa shape index (κ2) is 9.01. The van der Waals surface area contributed by atoms with Gasteiger partial charge in [-0.1, -0.05) is 12.1 Å². The van der Waals surface area contributed by atoms with Crippen molar-refractivity contribution in [3.63, 3.8) is 0 Å². The summed E-state index contributed by atoms with van der Waals surface area (Å²) in [7, 11) is 2.11. The van der Waals surface area contributed by atoms with E-state index in [4.69, 9.17) is 11.5 Å². The predicted molar refractivity (Wildman–Crippen MR) is 119 cm³/mol. The Morgan fingerprint density at radius 1 is 1.06 bits per heavy atom. The minimum absolute atomic E-state index is 0.0973. The molecule has 2 amide bonds. The number of aromatic nitrogens is 2. The van der Waals surface area contributed by atoms with Crippen LogP contribution in [0.2, 0.25) is 0 Å². The summed E-state index contributed by atoms with van der Waals surface area (Å²) in [6, 6.07) is 7.11. The molecule has 8 nitrogen and oxygen atoms in total. The number of carbonyl (C=O) groups is 2. The molecule has 0 bridgehead atoms. The summed E-state index contributed by atoms with van der Waals surface area (Å²) in [5.74, 6) is 0.250. The van der Waals surface area contributed by atoms with Crippen molar-refractivity contribution in [2.24, 2.45) is 11.7 Å². The molecule has 8 heteroatoms. The fourth-order valence-corrected chi connectivity index (χ4v) is 4.67. The first-order chi connectivity index (χ1) is 14.9. The van der Waals surface area contributed by atoms with E-state index < -0.39 is 5.91 Å². The summed E-state index contributed by atoms with van der Waals surface area (Å²) in [5, 5.41) is 0. The molecular formula is C23H30N6O2. The van der Waals surface area contributed by atoms with Crippen LogP contribution in [0, 0.1) is 5.92 Å². The molecule has 4 N–H and O–H groups in total. The molecule has 1 aromatic carbocycles. The standard InChI is InChI=1S/C23H30N6O2/c1-28-11-8-17(9-12-28)22(31)29-10-2-3-18(14-29)20-19(13-26-23(25)27-20)15-4-6-16(7-5-15)21(24)30/h4-7,13,17-18H,2-3,8-12,14H2,1H3,(H2,24,30)(H2,25,26,27)/t18-/m1/s1. The Labute approximate surface area is 182 Å². The van der Waals surface area contributed by atoms with Crippen LogP contribution in [0.5, 0.6) is 0 Å². The molecule has 2 aliphatic heterocycles. The number of nitrogens with zero attached hydrogens (tertiary/aromatic N) is 4. The molecule has 1 aromatic heterocycles. The summed E-state index contributed by atoms with van der Waals surface area (Å²) >= 11 is 0. The van der Waals surface area contributed by atoms with Crippen molar-refractivity contribution in [3.8, 4) is 11.1 Å². The molecule has 164 valence electrons. The Kier molecular flexibility index (Phi) is 6.18. The number of rotatable bonds is 4. The minimum Gasteiger partial charge on any atom is -0.368 e. The number of hydrogen-bond acceptors (Lipinski definition) is 6. The van der Waals surface area contributed by atoms with Crippen molar-refractivity contribution in [1.29, 1.82) is 0 Å². The molecule has 4 rings (SSSR count). The Hall–Kier alpha value is -3.00. The normalized spacial score (nSPS) is 20.5. The molecule has 3 heterocycles. The largest absolute Gasteiger partial charge is 0.368 e. The van der Waals surface area contributed by atoms with Gasteiger partial charge in [0.05, 0.1) is 5.69 Å². The number of benzene rings is 1. The molecule has 2 aromatic rings. The third-order valence-electron chi connectivity index (χ3n) is 6.50. The van der Waals surface area contributed by atoms with Gasteiger partial charge in [0.15, 0.2) is 0 Å². The monoisotopic (exact) mass is 422 g/mol. The Bertz CT molecular complexity index is 953. The lowest BCUT2D eigenvalue weighted by Crippen LogP contribution is -2.45. The number of primary amides is 1. The highest BCUT2D eigenvalue weighted by Crippen LogP contribution is 2.34. The summed E-state index contributed by atoms with van der Waals surface area (Å²) in [4.78, 5) is 37.6. The summed E-state index contributed by atoms with van der Waals surface area (Å²) < 4.78 is 0. The molecule has 0 spiro atoms. The van der Waals surface area contributed by atoms with Crippen LogP contribution in [0.1, 0.15) is 47.7 Å². The molecule has 1 atom stereocenters. The van der Waals surface area contributed by atoms with Gasteiger partial charge in [0.25, 0.3) is 0 Å². The number of amides is 2. The van der Waals surface area contributed by atoms with Gasteiger partial charge in [0.2, 0.25) is 17.8 Å². The van der Waals surface area contributed by atoms with E-state index >= 15 is 0 Å². The van der Waals surface area contributed by atoms with Crippen LogP contribution in [0.25, 0.3) is 11.1 Å². The third kappa shape index (κ3) is 4.69. The number of nitrogen functional groups attached to an aromatic ring is 1. The highest BCUT2D eigenvalue weighted by molar-refractivity contribution is 5.93. The van der Waals surface area contributed by atoms with Crippen LogP contribution in [-0.2, 0) is 4.79 Å². The van der Waals surface area contributed by atoms with E-state index in [1.54, 1.807) is 18.3 Å². The summed E-state index contributed by atoms with van der Waals surface area (Å²) in [6.45, 7) is 3.39. The number of likely N-dealkylation sites (tertiary alicyclic amines) is 2. The zero-order valence-electron chi connectivity index (χ0n) is 18.0. The summed E-state index contributed by atoms with van der Waals surface area (Å²) in [5.41, 5.74) is 14.4. The number of anilines is 1. The second-order valence-electron chi connectivity index (χ2n) is 8.67. The van der Waals surface area contributed by atoms with Crippen molar-refractivity contribution >= 4 is 17.8 Å². The van der Waals surface area contributed by atoms with Crippen LogP contribution in [0.4, 0.5) is 5.95 Å². The topological polar surface area (TPSA) is 118 Å². The van der Waals surface area contributed by atoms with Crippen molar-refractivity contribution in [3.05, 3.63) is 41.7 Å². The average Bonchev–Trinajstić information content (AvgIpc) is 2.79. The molecule has 2 aliphatic rings. The predicted octanol–water partition coefficient (Wildman–Crippen LogP) is 1.87. The lowest BCUT2D eigenvalue weighted by molar-refractivity contribution is -0.138. The van der Waals surface area contributed by atoms with Crippen molar-refractivity contribution in [1.82, 2.24) is 19.8 Å². The van der Waals surface area contributed by atoms with Gasteiger partial charge in [-0.05, 0) is 63.5 Å². The first-order valence-corrected chi connectivity index (χ1v) is 10.9. The number of carbonyl (C=O) groups excluding carboxylic acids is 2. The van der Waals surface area contributed by atoms with Gasteiger partial charge < -0.3 is 21.3 Å². The number of piperidine rings is 2. The summed E-state index contributed by atoms with van der Waals surface area (Å²) in [6.07, 6.45) is 5.46. The lowest BCUT2D eigenvalue weighted by atomic mass is 9.88.